The highest BCUT2D eigenvalue weighted by atomic mass is 16.7. The maximum Gasteiger partial charge on any atom is 0.236 e. The summed E-state index contributed by atoms with van der Waals surface area (Å²) in [5.74, 6) is 1.92. The van der Waals surface area contributed by atoms with Crippen LogP contribution < -0.4 is 14.8 Å². The van der Waals surface area contributed by atoms with Gasteiger partial charge in [0.1, 0.15) is 0 Å². The first-order valence-electron chi connectivity index (χ1n) is 10.9. The summed E-state index contributed by atoms with van der Waals surface area (Å²) in [5.41, 5.74) is 1.23. The average Bonchev–Trinajstić information content (AvgIpc) is 3.15. The van der Waals surface area contributed by atoms with Crippen molar-refractivity contribution in [3.63, 3.8) is 0 Å². The second-order valence-electron chi connectivity index (χ2n) is 8.27. The first kappa shape index (κ1) is 19.5. The Morgan fingerprint density at radius 1 is 0.964 bits per heavy atom. The van der Waals surface area contributed by atoms with E-state index in [1.54, 1.807) is 0 Å². The zero-order valence-corrected chi connectivity index (χ0v) is 16.8. The molecule has 1 N–H and O–H groups in total. The molecule has 2 heterocycles. The van der Waals surface area contributed by atoms with Gasteiger partial charge in [-0.15, -0.1) is 0 Å². The molecule has 0 radical (unpaired) electrons. The molecular weight excluding hydrogens is 354 g/mol. The zero-order chi connectivity index (χ0) is 19.2. The van der Waals surface area contributed by atoms with Gasteiger partial charge in [-0.1, -0.05) is 38.2 Å². The molecule has 3 aliphatic rings. The number of nitrogens with zero attached hydrogens (tertiary/aromatic N) is 2. The molecule has 0 atom stereocenters. The van der Waals surface area contributed by atoms with E-state index < -0.39 is 0 Å². The van der Waals surface area contributed by atoms with Gasteiger partial charge in [0.2, 0.25) is 12.7 Å². The molecule has 154 valence electrons. The van der Waals surface area contributed by atoms with Gasteiger partial charge >= 0.3 is 0 Å². The molecule has 0 spiro atoms. The summed E-state index contributed by atoms with van der Waals surface area (Å²) < 4.78 is 10.8. The van der Waals surface area contributed by atoms with Crippen LogP contribution in [0.2, 0.25) is 0 Å². The van der Waals surface area contributed by atoms with Gasteiger partial charge in [0.25, 0.3) is 0 Å². The number of benzene rings is 1. The van der Waals surface area contributed by atoms with Gasteiger partial charge in [-0.3, -0.25) is 9.69 Å². The Hall–Kier alpha value is -1.79. The summed E-state index contributed by atoms with van der Waals surface area (Å²) in [7, 11) is 0. The Labute approximate surface area is 168 Å². The fourth-order valence-corrected chi connectivity index (χ4v) is 4.46. The van der Waals surface area contributed by atoms with Crippen molar-refractivity contribution in [2.75, 3.05) is 39.5 Å². The average molecular weight is 388 g/mol. The predicted molar refractivity (Wildman–Crippen MR) is 109 cm³/mol. The number of fused-ring (bicyclic) bond motifs is 1. The zero-order valence-electron chi connectivity index (χ0n) is 16.8. The van der Waals surface area contributed by atoms with Gasteiger partial charge in [0.05, 0.1) is 6.54 Å². The van der Waals surface area contributed by atoms with Crippen LogP contribution >= 0.6 is 0 Å². The number of carbonyl (C=O) groups is 1. The largest absolute Gasteiger partial charge is 0.454 e. The second kappa shape index (κ2) is 9.61. The van der Waals surface area contributed by atoms with Crippen molar-refractivity contribution in [2.24, 2.45) is 0 Å². The van der Waals surface area contributed by atoms with Crippen LogP contribution in [-0.2, 0) is 11.3 Å². The van der Waals surface area contributed by atoms with Gasteiger partial charge in [0, 0.05) is 38.8 Å². The highest BCUT2D eigenvalue weighted by Gasteiger charge is 2.22. The lowest BCUT2D eigenvalue weighted by Gasteiger charge is -2.35. The van der Waals surface area contributed by atoms with E-state index in [0.717, 1.165) is 44.2 Å². The molecule has 1 aromatic carbocycles. The number of amides is 1. The molecule has 4 rings (SSSR count). The Morgan fingerprint density at radius 3 is 2.46 bits per heavy atom. The summed E-state index contributed by atoms with van der Waals surface area (Å²) in [6.07, 6.45) is 9.10. The molecule has 1 saturated carbocycles. The van der Waals surface area contributed by atoms with Gasteiger partial charge in [-0.2, -0.15) is 0 Å². The van der Waals surface area contributed by atoms with Crippen LogP contribution in [0, 0.1) is 0 Å². The Bertz CT molecular complexity index is 650. The molecule has 1 amide bonds. The van der Waals surface area contributed by atoms with Crippen LogP contribution in [0.15, 0.2) is 18.2 Å². The van der Waals surface area contributed by atoms with E-state index in [2.05, 4.69) is 22.3 Å². The molecule has 2 aliphatic heterocycles. The summed E-state index contributed by atoms with van der Waals surface area (Å²) >= 11 is 0. The van der Waals surface area contributed by atoms with E-state index in [1.165, 1.54) is 50.5 Å². The fourth-order valence-electron chi connectivity index (χ4n) is 4.46. The van der Waals surface area contributed by atoms with Crippen LogP contribution in [0.25, 0.3) is 0 Å². The topological polar surface area (TPSA) is 54.0 Å². The van der Waals surface area contributed by atoms with Crippen LogP contribution in [0.3, 0.4) is 0 Å². The molecule has 6 heteroatoms. The molecule has 0 unspecified atom stereocenters. The van der Waals surface area contributed by atoms with E-state index in [1.807, 2.05) is 11.0 Å². The van der Waals surface area contributed by atoms with Crippen molar-refractivity contribution < 1.29 is 14.3 Å². The minimum atomic E-state index is 0.254. The van der Waals surface area contributed by atoms with Crippen molar-refractivity contribution in [1.82, 2.24) is 15.1 Å². The molecule has 1 saturated heterocycles. The number of hydrogen-bond donors (Lipinski definition) is 1. The predicted octanol–water partition coefficient (Wildman–Crippen LogP) is 2.76. The minimum Gasteiger partial charge on any atom is -0.454 e. The third kappa shape index (κ3) is 5.17. The molecule has 2 fully saturated rings. The Balaban J connectivity index is 1.18. The van der Waals surface area contributed by atoms with Crippen molar-refractivity contribution in [3.05, 3.63) is 23.8 Å². The Morgan fingerprint density at radius 2 is 1.68 bits per heavy atom. The maximum atomic E-state index is 12.6. The molecule has 1 aliphatic carbocycles. The SMILES string of the molecule is O=C(CNC1CCCCCCC1)N1CCN(Cc2ccc3c(c2)OCO3)CC1. The molecule has 0 aromatic heterocycles. The maximum absolute atomic E-state index is 12.6. The standard InChI is InChI=1S/C22H33N3O3/c26-22(15-23-19-6-4-2-1-3-5-7-19)25-12-10-24(11-13-25)16-18-8-9-20-21(14-18)28-17-27-20/h8-9,14,19,23H,1-7,10-13,15-17H2. The van der Waals surface area contributed by atoms with Crippen LogP contribution in [-0.4, -0.2) is 61.3 Å². The molecular formula is C22H33N3O3. The van der Waals surface area contributed by atoms with Crippen molar-refractivity contribution in [1.29, 1.82) is 0 Å². The number of carbonyl (C=O) groups excluding carboxylic acids is 1. The number of hydrogen-bond acceptors (Lipinski definition) is 5. The van der Waals surface area contributed by atoms with E-state index in [0.29, 0.717) is 19.4 Å². The van der Waals surface area contributed by atoms with Gasteiger partial charge in [-0.05, 0) is 30.5 Å². The number of piperazine rings is 1. The summed E-state index contributed by atoms with van der Waals surface area (Å²) in [6.45, 7) is 5.17. The highest BCUT2D eigenvalue weighted by molar-refractivity contribution is 5.78. The lowest BCUT2D eigenvalue weighted by molar-refractivity contribution is -0.132. The number of nitrogens with one attached hydrogen (secondary N) is 1. The number of ether oxygens (including phenoxy) is 2. The highest BCUT2D eigenvalue weighted by Crippen LogP contribution is 2.32. The normalized spacial score (nSPS) is 21.4. The van der Waals surface area contributed by atoms with E-state index in [9.17, 15) is 4.79 Å². The monoisotopic (exact) mass is 387 g/mol. The lowest BCUT2D eigenvalue weighted by atomic mass is 9.97. The Kier molecular flexibility index (Phi) is 6.70. The van der Waals surface area contributed by atoms with E-state index in [4.69, 9.17) is 9.47 Å². The van der Waals surface area contributed by atoms with Gasteiger partial charge in [-0.25, -0.2) is 0 Å². The fraction of sp³-hybridized carbons (Fsp3) is 0.682. The third-order valence-electron chi connectivity index (χ3n) is 6.22. The molecule has 0 bridgehead atoms. The smallest absolute Gasteiger partial charge is 0.236 e. The van der Waals surface area contributed by atoms with Crippen LogP contribution in [0.5, 0.6) is 11.5 Å². The summed E-state index contributed by atoms with van der Waals surface area (Å²) in [4.78, 5) is 17.0. The van der Waals surface area contributed by atoms with Crippen molar-refractivity contribution in [2.45, 2.75) is 57.5 Å². The van der Waals surface area contributed by atoms with E-state index >= 15 is 0 Å². The summed E-state index contributed by atoms with van der Waals surface area (Å²) in [5, 5.41) is 3.53. The quantitative estimate of drug-likeness (QED) is 0.842. The van der Waals surface area contributed by atoms with Gasteiger partial charge < -0.3 is 19.7 Å². The molecule has 6 nitrogen and oxygen atoms in total. The first-order chi connectivity index (χ1) is 13.8. The second-order valence-corrected chi connectivity index (χ2v) is 8.27. The molecule has 28 heavy (non-hydrogen) atoms. The van der Waals surface area contributed by atoms with Crippen molar-refractivity contribution in [3.8, 4) is 11.5 Å². The summed E-state index contributed by atoms with van der Waals surface area (Å²) in [6, 6.07) is 6.68. The third-order valence-corrected chi connectivity index (χ3v) is 6.22. The van der Waals surface area contributed by atoms with Crippen LogP contribution in [0.4, 0.5) is 0 Å². The minimum absolute atomic E-state index is 0.254. The van der Waals surface area contributed by atoms with Crippen LogP contribution in [0.1, 0.15) is 50.5 Å². The van der Waals surface area contributed by atoms with E-state index in [-0.39, 0.29) is 5.91 Å². The van der Waals surface area contributed by atoms with Crippen molar-refractivity contribution >= 4 is 5.91 Å². The lowest BCUT2D eigenvalue weighted by Crippen LogP contribution is -2.51. The number of rotatable bonds is 5. The molecule has 1 aromatic rings. The first-order valence-corrected chi connectivity index (χ1v) is 10.9. The van der Waals surface area contributed by atoms with Gasteiger partial charge in [0.15, 0.2) is 11.5 Å².